The number of carbonyl (C=O) groups is 1. The molecule has 0 atom stereocenters. The van der Waals surface area contributed by atoms with E-state index in [1.807, 2.05) is 42.5 Å². The van der Waals surface area contributed by atoms with Crippen molar-refractivity contribution in [3.05, 3.63) is 71.4 Å². The third-order valence-corrected chi connectivity index (χ3v) is 3.95. The first-order valence-electron chi connectivity index (χ1n) is 8.31. The highest BCUT2D eigenvalue weighted by Gasteiger charge is 2.10. The summed E-state index contributed by atoms with van der Waals surface area (Å²) in [6.07, 6.45) is 2.58. The molecule has 0 aliphatic carbocycles. The summed E-state index contributed by atoms with van der Waals surface area (Å²) in [6, 6.07) is 17.1. The second-order valence-corrected chi connectivity index (χ2v) is 5.69. The molecule has 6 nitrogen and oxygen atoms in total. The molecule has 0 spiro atoms. The second kappa shape index (κ2) is 8.11. The van der Waals surface area contributed by atoms with E-state index in [1.165, 1.54) is 5.56 Å². The first kappa shape index (κ1) is 17.4. The number of carbonyl (C=O) groups excluding carboxylic acids is 1. The Morgan fingerprint density at radius 1 is 1.23 bits per heavy atom. The molecule has 6 heteroatoms. The summed E-state index contributed by atoms with van der Waals surface area (Å²) in [7, 11) is 1.62. The van der Waals surface area contributed by atoms with Crippen LogP contribution in [0.1, 0.15) is 28.5 Å². The first-order chi connectivity index (χ1) is 12.7. The van der Waals surface area contributed by atoms with Gasteiger partial charge in [-0.2, -0.15) is 10.2 Å². The topological polar surface area (TPSA) is 79.4 Å². The lowest BCUT2D eigenvalue weighted by Gasteiger charge is -2.00. The number of aryl methyl sites for hydroxylation is 1. The van der Waals surface area contributed by atoms with Crippen LogP contribution >= 0.6 is 0 Å². The molecule has 0 saturated heterocycles. The van der Waals surface area contributed by atoms with Gasteiger partial charge in [-0.1, -0.05) is 31.2 Å². The van der Waals surface area contributed by atoms with E-state index in [0.717, 1.165) is 23.3 Å². The molecule has 0 aliphatic rings. The molecule has 0 bridgehead atoms. The molecule has 3 aromatic rings. The quantitative estimate of drug-likeness (QED) is 0.529. The monoisotopic (exact) mass is 348 g/mol. The number of hydrazone groups is 1. The number of nitrogens with one attached hydrogen (secondary N) is 2. The molecule has 1 amide bonds. The zero-order valence-electron chi connectivity index (χ0n) is 14.7. The van der Waals surface area contributed by atoms with E-state index in [2.05, 4.69) is 33.7 Å². The number of nitrogens with zero attached hydrogens (tertiary/aromatic N) is 2. The molecule has 0 aliphatic heterocycles. The molecule has 0 fully saturated rings. The summed E-state index contributed by atoms with van der Waals surface area (Å²) >= 11 is 0. The second-order valence-electron chi connectivity index (χ2n) is 5.69. The van der Waals surface area contributed by atoms with Gasteiger partial charge >= 0.3 is 0 Å². The van der Waals surface area contributed by atoms with Gasteiger partial charge in [0.25, 0.3) is 5.91 Å². The Balaban J connectivity index is 1.64. The maximum absolute atomic E-state index is 12.2. The van der Waals surface area contributed by atoms with E-state index in [0.29, 0.717) is 11.4 Å². The Labute approximate surface area is 151 Å². The largest absolute Gasteiger partial charge is 0.497 e. The van der Waals surface area contributed by atoms with E-state index in [9.17, 15) is 4.79 Å². The lowest BCUT2D eigenvalue weighted by molar-refractivity contribution is 0.0950. The van der Waals surface area contributed by atoms with Gasteiger partial charge in [-0.15, -0.1) is 0 Å². The summed E-state index contributed by atoms with van der Waals surface area (Å²) in [5.41, 5.74) is 6.58. The van der Waals surface area contributed by atoms with Gasteiger partial charge in [0.15, 0.2) is 0 Å². The van der Waals surface area contributed by atoms with Crippen LogP contribution in [0.2, 0.25) is 0 Å². The van der Waals surface area contributed by atoms with Crippen LogP contribution in [-0.4, -0.2) is 29.4 Å². The van der Waals surface area contributed by atoms with E-state index in [1.54, 1.807) is 19.4 Å². The van der Waals surface area contributed by atoms with Gasteiger partial charge in [-0.05, 0) is 47.9 Å². The van der Waals surface area contributed by atoms with Gasteiger partial charge in [0, 0.05) is 5.56 Å². The van der Waals surface area contributed by atoms with Crippen molar-refractivity contribution in [3.63, 3.8) is 0 Å². The number of amides is 1. The van der Waals surface area contributed by atoms with Crippen molar-refractivity contribution >= 4 is 12.1 Å². The lowest BCUT2D eigenvalue weighted by atomic mass is 10.1. The van der Waals surface area contributed by atoms with Crippen LogP contribution in [0.5, 0.6) is 5.75 Å². The minimum absolute atomic E-state index is 0.343. The fraction of sp³-hybridized carbons (Fsp3) is 0.150. The smallest absolute Gasteiger partial charge is 0.289 e. The molecule has 1 aromatic heterocycles. The van der Waals surface area contributed by atoms with E-state index in [-0.39, 0.29) is 5.91 Å². The molecule has 3 rings (SSSR count). The van der Waals surface area contributed by atoms with Gasteiger partial charge in [0.2, 0.25) is 0 Å². The number of aromatic amines is 1. The fourth-order valence-electron chi connectivity index (χ4n) is 2.47. The molecule has 2 N–H and O–H groups in total. The highest BCUT2D eigenvalue weighted by atomic mass is 16.5. The minimum Gasteiger partial charge on any atom is -0.497 e. The Hall–Kier alpha value is -3.41. The van der Waals surface area contributed by atoms with Crippen LogP contribution < -0.4 is 10.2 Å². The zero-order chi connectivity index (χ0) is 18.4. The van der Waals surface area contributed by atoms with Crippen molar-refractivity contribution in [2.45, 2.75) is 13.3 Å². The van der Waals surface area contributed by atoms with Crippen LogP contribution in [0.4, 0.5) is 0 Å². The Kier molecular flexibility index (Phi) is 5.43. The predicted molar refractivity (Wildman–Crippen MR) is 101 cm³/mol. The Bertz CT molecular complexity index is 914. The number of rotatable bonds is 6. The van der Waals surface area contributed by atoms with E-state index >= 15 is 0 Å². The molecule has 0 unspecified atom stereocenters. The number of aromatic nitrogens is 2. The van der Waals surface area contributed by atoms with E-state index in [4.69, 9.17) is 4.74 Å². The predicted octanol–water partition coefficient (Wildman–Crippen LogP) is 3.41. The van der Waals surface area contributed by atoms with Gasteiger partial charge in [0.05, 0.1) is 19.0 Å². The Morgan fingerprint density at radius 2 is 2.04 bits per heavy atom. The zero-order valence-corrected chi connectivity index (χ0v) is 14.7. The van der Waals surface area contributed by atoms with Gasteiger partial charge < -0.3 is 4.74 Å². The lowest BCUT2D eigenvalue weighted by Crippen LogP contribution is -2.18. The van der Waals surface area contributed by atoms with Crippen LogP contribution in [0.25, 0.3) is 11.3 Å². The maximum atomic E-state index is 12.2. The van der Waals surface area contributed by atoms with Gasteiger partial charge in [0.1, 0.15) is 11.4 Å². The van der Waals surface area contributed by atoms with Crippen molar-refractivity contribution in [3.8, 4) is 17.0 Å². The molecule has 132 valence electrons. The van der Waals surface area contributed by atoms with Gasteiger partial charge in [-0.3, -0.25) is 9.89 Å². The van der Waals surface area contributed by atoms with Crippen molar-refractivity contribution in [2.24, 2.45) is 5.10 Å². The van der Waals surface area contributed by atoms with Crippen molar-refractivity contribution < 1.29 is 9.53 Å². The normalized spacial score (nSPS) is 10.8. The SMILES string of the molecule is CCc1cccc(/C=N\NC(=O)c2cc(-c3ccc(OC)cc3)n[nH]2)c1. The van der Waals surface area contributed by atoms with Crippen molar-refractivity contribution in [2.75, 3.05) is 7.11 Å². The highest BCUT2D eigenvalue weighted by Crippen LogP contribution is 2.21. The maximum Gasteiger partial charge on any atom is 0.289 e. The van der Waals surface area contributed by atoms with Crippen LogP contribution in [0.15, 0.2) is 59.7 Å². The number of benzene rings is 2. The summed E-state index contributed by atoms with van der Waals surface area (Å²) in [5.74, 6) is 0.420. The summed E-state index contributed by atoms with van der Waals surface area (Å²) in [6.45, 7) is 2.09. The summed E-state index contributed by atoms with van der Waals surface area (Å²) in [4.78, 5) is 12.2. The molecular formula is C20H20N4O2. The van der Waals surface area contributed by atoms with Crippen molar-refractivity contribution in [1.29, 1.82) is 0 Å². The molecule has 0 radical (unpaired) electrons. The third-order valence-electron chi connectivity index (χ3n) is 3.95. The molecular weight excluding hydrogens is 328 g/mol. The Morgan fingerprint density at radius 3 is 2.77 bits per heavy atom. The van der Waals surface area contributed by atoms with Crippen LogP contribution in [-0.2, 0) is 6.42 Å². The summed E-state index contributed by atoms with van der Waals surface area (Å²) < 4.78 is 5.14. The van der Waals surface area contributed by atoms with Crippen LogP contribution in [0.3, 0.4) is 0 Å². The molecule has 1 heterocycles. The average Bonchev–Trinajstić information content (AvgIpc) is 3.18. The number of methoxy groups -OCH3 is 1. The number of hydrogen-bond donors (Lipinski definition) is 2. The summed E-state index contributed by atoms with van der Waals surface area (Å²) in [5, 5.41) is 10.9. The third kappa shape index (κ3) is 4.16. The number of ether oxygens (including phenoxy) is 1. The molecule has 0 saturated carbocycles. The highest BCUT2D eigenvalue weighted by molar-refractivity contribution is 5.94. The average molecular weight is 348 g/mol. The van der Waals surface area contributed by atoms with E-state index < -0.39 is 0 Å². The molecule has 26 heavy (non-hydrogen) atoms. The standard InChI is InChI=1S/C20H20N4O2/c1-3-14-5-4-6-15(11-14)13-21-24-20(25)19-12-18(22-23-19)16-7-9-17(26-2)10-8-16/h4-13H,3H2,1-2H3,(H,22,23)(H,24,25)/b21-13-. The molecule has 2 aromatic carbocycles. The minimum atomic E-state index is -0.347. The number of hydrogen-bond acceptors (Lipinski definition) is 4. The fourth-order valence-corrected chi connectivity index (χ4v) is 2.47. The first-order valence-corrected chi connectivity index (χ1v) is 8.31. The van der Waals surface area contributed by atoms with Crippen LogP contribution in [0, 0.1) is 0 Å². The van der Waals surface area contributed by atoms with Crippen molar-refractivity contribution in [1.82, 2.24) is 15.6 Å². The number of H-pyrrole nitrogens is 1. The van der Waals surface area contributed by atoms with Gasteiger partial charge in [-0.25, -0.2) is 5.43 Å².